The zero-order chi connectivity index (χ0) is 24.5. The van der Waals surface area contributed by atoms with Crippen molar-refractivity contribution in [3.63, 3.8) is 0 Å². The molecular weight excluding hydrogens is 473 g/mol. The first-order chi connectivity index (χ1) is 16.2. The van der Waals surface area contributed by atoms with Crippen molar-refractivity contribution in [3.05, 3.63) is 82.4 Å². The van der Waals surface area contributed by atoms with Crippen LogP contribution in [0.25, 0.3) is 0 Å². The number of fused-ring (bicyclic) bond motifs is 1. The smallest absolute Gasteiger partial charge is 0.341 e. The third-order valence-corrected chi connectivity index (χ3v) is 5.63. The summed E-state index contributed by atoms with van der Waals surface area (Å²) >= 11 is 5.61. The molecule has 1 aliphatic rings. The predicted octanol–water partition coefficient (Wildman–Crippen LogP) is 5.82. The molecule has 0 radical (unpaired) electrons. The number of nitrogens with one attached hydrogen (secondary N) is 3. The molecule has 1 aliphatic heterocycles. The Morgan fingerprint density at radius 1 is 0.941 bits per heavy atom. The molecule has 1 heterocycles. The molecular formula is C23H18ClF3N4O3. The lowest BCUT2D eigenvalue weighted by Crippen LogP contribution is -2.20. The highest BCUT2D eigenvalue weighted by molar-refractivity contribution is 6.31. The van der Waals surface area contributed by atoms with E-state index in [-0.39, 0.29) is 5.69 Å². The van der Waals surface area contributed by atoms with Crippen LogP contribution in [0.3, 0.4) is 0 Å². The van der Waals surface area contributed by atoms with Crippen molar-refractivity contribution >= 4 is 46.3 Å². The van der Waals surface area contributed by atoms with Gasteiger partial charge in [0.1, 0.15) is 0 Å². The molecule has 0 unspecified atom stereocenters. The molecule has 0 aromatic heterocycles. The van der Waals surface area contributed by atoms with Gasteiger partial charge in [0.2, 0.25) is 0 Å². The maximum Gasteiger partial charge on any atom is 0.417 e. The van der Waals surface area contributed by atoms with Crippen molar-refractivity contribution in [2.24, 2.45) is 0 Å². The third-order valence-electron chi connectivity index (χ3n) is 5.31. The summed E-state index contributed by atoms with van der Waals surface area (Å²) in [5.74, 6) is -0.601. The molecule has 0 aliphatic carbocycles. The number of carbonyl (C=O) groups is 2. The van der Waals surface area contributed by atoms with Gasteiger partial charge in [-0.3, -0.25) is 10.0 Å². The van der Waals surface area contributed by atoms with Gasteiger partial charge in [0.05, 0.1) is 10.6 Å². The Labute approximate surface area is 197 Å². The van der Waals surface area contributed by atoms with E-state index in [2.05, 4.69) is 10.6 Å². The first kappa shape index (κ1) is 23.4. The van der Waals surface area contributed by atoms with Gasteiger partial charge in [-0.1, -0.05) is 11.6 Å². The molecule has 3 aromatic rings. The summed E-state index contributed by atoms with van der Waals surface area (Å²) in [6.45, 7) is 0.682. The zero-order valence-corrected chi connectivity index (χ0v) is 18.2. The Morgan fingerprint density at radius 3 is 2.24 bits per heavy atom. The van der Waals surface area contributed by atoms with E-state index < -0.39 is 28.7 Å². The lowest BCUT2D eigenvalue weighted by atomic mass is 10.1. The molecule has 0 spiro atoms. The maximum atomic E-state index is 13.0. The maximum absolute atomic E-state index is 13.0. The molecule has 0 saturated carbocycles. The van der Waals surface area contributed by atoms with Crippen molar-refractivity contribution in [1.82, 2.24) is 5.48 Å². The molecule has 7 nitrogen and oxygen atoms in total. The Morgan fingerprint density at radius 2 is 1.59 bits per heavy atom. The monoisotopic (exact) mass is 490 g/mol. The van der Waals surface area contributed by atoms with Gasteiger partial charge in [0, 0.05) is 34.9 Å². The minimum atomic E-state index is -4.64. The first-order valence-electron chi connectivity index (χ1n) is 10.1. The van der Waals surface area contributed by atoms with Crippen LogP contribution in [-0.2, 0) is 12.6 Å². The number of hydroxylamine groups is 1. The van der Waals surface area contributed by atoms with Gasteiger partial charge in [0.25, 0.3) is 5.91 Å². The Bertz CT molecular complexity index is 1250. The summed E-state index contributed by atoms with van der Waals surface area (Å²) in [6.07, 6.45) is -3.93. The topological polar surface area (TPSA) is 93.7 Å². The molecule has 4 rings (SSSR count). The predicted molar refractivity (Wildman–Crippen MR) is 122 cm³/mol. The second-order valence-corrected chi connectivity index (χ2v) is 7.91. The molecule has 34 heavy (non-hydrogen) atoms. The van der Waals surface area contributed by atoms with Crippen molar-refractivity contribution in [2.75, 3.05) is 22.1 Å². The highest BCUT2D eigenvalue weighted by atomic mass is 35.5. The van der Waals surface area contributed by atoms with Crippen LogP contribution in [0, 0.1) is 0 Å². The van der Waals surface area contributed by atoms with E-state index in [1.54, 1.807) is 41.9 Å². The average Bonchev–Trinajstić information content (AvgIpc) is 3.22. The van der Waals surface area contributed by atoms with Crippen molar-refractivity contribution in [3.8, 4) is 0 Å². The van der Waals surface area contributed by atoms with Crippen LogP contribution in [0.1, 0.15) is 21.5 Å². The summed E-state index contributed by atoms with van der Waals surface area (Å²) in [5, 5.41) is 13.3. The fourth-order valence-electron chi connectivity index (χ4n) is 3.72. The number of benzene rings is 3. The number of halogens is 4. The lowest BCUT2D eigenvalue weighted by molar-refractivity contribution is -0.137. The van der Waals surface area contributed by atoms with Gasteiger partial charge < -0.3 is 15.5 Å². The molecule has 11 heteroatoms. The van der Waals surface area contributed by atoms with Gasteiger partial charge >= 0.3 is 12.2 Å². The minimum Gasteiger partial charge on any atom is -0.341 e. The van der Waals surface area contributed by atoms with E-state index >= 15 is 0 Å². The quantitative estimate of drug-likeness (QED) is 0.274. The van der Waals surface area contributed by atoms with Crippen LogP contribution < -0.4 is 21.0 Å². The van der Waals surface area contributed by atoms with E-state index in [0.29, 0.717) is 24.2 Å². The van der Waals surface area contributed by atoms with Gasteiger partial charge in [-0.15, -0.1) is 0 Å². The molecule has 0 fully saturated rings. The van der Waals surface area contributed by atoms with Gasteiger partial charge in [-0.25, -0.2) is 10.3 Å². The van der Waals surface area contributed by atoms with E-state index in [4.69, 9.17) is 16.8 Å². The number of alkyl halides is 3. The number of amides is 3. The van der Waals surface area contributed by atoms with Crippen molar-refractivity contribution in [2.45, 2.75) is 12.6 Å². The van der Waals surface area contributed by atoms with Crippen molar-refractivity contribution in [1.29, 1.82) is 0 Å². The fraction of sp³-hybridized carbons (Fsp3) is 0.130. The lowest BCUT2D eigenvalue weighted by Gasteiger charge is -2.20. The molecule has 176 valence electrons. The van der Waals surface area contributed by atoms with Crippen molar-refractivity contribution < 1.29 is 28.0 Å². The molecule has 0 bridgehead atoms. The number of rotatable bonds is 4. The zero-order valence-electron chi connectivity index (χ0n) is 17.4. The number of carbonyl (C=O) groups excluding carboxylic acids is 2. The SMILES string of the molecule is O=C(Nc1ccc2c(c1)CCN2c1ccc(C(=O)NO)cc1)Nc1ccc(Cl)c(C(F)(F)F)c1. The summed E-state index contributed by atoms with van der Waals surface area (Å²) in [6, 6.07) is 14.5. The van der Waals surface area contributed by atoms with Gasteiger partial charge in [0.15, 0.2) is 0 Å². The van der Waals surface area contributed by atoms with Crippen LogP contribution in [0.2, 0.25) is 5.02 Å². The standard InChI is InChI=1S/C23H18ClF3N4O3/c24-19-7-3-16(12-18(19)23(25,26)27)29-22(33)28-15-4-8-20-14(11-15)9-10-31(20)17-5-1-13(2-6-17)21(32)30-34/h1-8,11-12,34H,9-10H2,(H,30,32)(H2,28,29,33). The number of nitrogens with zero attached hydrogens (tertiary/aromatic N) is 1. The van der Waals surface area contributed by atoms with E-state index in [1.807, 2.05) is 11.0 Å². The Kier molecular flexibility index (Phi) is 6.36. The Hall–Kier alpha value is -3.76. The summed E-state index contributed by atoms with van der Waals surface area (Å²) in [5.41, 5.74) is 4.07. The number of hydrogen-bond donors (Lipinski definition) is 4. The van der Waals surface area contributed by atoms with Crippen LogP contribution in [0.15, 0.2) is 60.7 Å². The van der Waals surface area contributed by atoms with E-state index in [0.717, 1.165) is 29.1 Å². The first-order valence-corrected chi connectivity index (χ1v) is 10.4. The second kappa shape index (κ2) is 9.24. The average molecular weight is 491 g/mol. The summed E-state index contributed by atoms with van der Waals surface area (Å²) < 4.78 is 39.1. The molecule has 3 aromatic carbocycles. The number of anilines is 4. The normalized spacial score (nSPS) is 12.8. The van der Waals surface area contributed by atoms with Crippen LogP contribution in [0.5, 0.6) is 0 Å². The van der Waals surface area contributed by atoms with Crippen LogP contribution in [-0.4, -0.2) is 23.7 Å². The van der Waals surface area contributed by atoms with E-state index in [1.165, 1.54) is 6.07 Å². The van der Waals surface area contributed by atoms with Gasteiger partial charge in [-0.05, 0) is 72.6 Å². The number of hydrogen-bond acceptors (Lipinski definition) is 4. The van der Waals surface area contributed by atoms with Crippen LogP contribution in [0.4, 0.5) is 40.7 Å². The highest BCUT2D eigenvalue weighted by Gasteiger charge is 2.33. The molecule has 0 saturated heterocycles. The molecule has 4 N–H and O–H groups in total. The summed E-state index contributed by atoms with van der Waals surface area (Å²) in [7, 11) is 0. The van der Waals surface area contributed by atoms with Crippen LogP contribution >= 0.6 is 11.6 Å². The summed E-state index contributed by atoms with van der Waals surface area (Å²) in [4.78, 5) is 25.9. The largest absolute Gasteiger partial charge is 0.417 e. The van der Waals surface area contributed by atoms with E-state index in [9.17, 15) is 22.8 Å². The van der Waals surface area contributed by atoms with Gasteiger partial charge in [-0.2, -0.15) is 13.2 Å². The third kappa shape index (κ3) is 4.92. The number of urea groups is 1. The molecule has 3 amide bonds. The fourth-order valence-corrected chi connectivity index (χ4v) is 3.94. The minimum absolute atomic E-state index is 0.0418. The second-order valence-electron chi connectivity index (χ2n) is 7.50. The highest BCUT2D eigenvalue weighted by Crippen LogP contribution is 2.37. The Balaban J connectivity index is 1.45. The molecule has 0 atom stereocenters.